The topological polar surface area (TPSA) is 75.9 Å². The monoisotopic (exact) mass is 261 g/mol. The van der Waals surface area contributed by atoms with Crippen LogP contribution >= 0.6 is 0 Å². The summed E-state index contributed by atoms with van der Waals surface area (Å²) in [5.41, 5.74) is 2.15. The van der Waals surface area contributed by atoms with E-state index in [0.717, 1.165) is 16.9 Å². The predicted molar refractivity (Wildman–Crippen MR) is 73.3 cm³/mol. The van der Waals surface area contributed by atoms with Gasteiger partial charge in [-0.1, -0.05) is 6.07 Å². The van der Waals surface area contributed by atoms with Gasteiger partial charge in [0.1, 0.15) is 6.33 Å². The Morgan fingerprint density at radius 1 is 1.37 bits per heavy atom. The fourth-order valence-corrected chi connectivity index (χ4v) is 1.60. The molecule has 0 radical (unpaired) electrons. The van der Waals surface area contributed by atoms with Crippen LogP contribution in [-0.2, 0) is 0 Å². The average Bonchev–Trinajstić information content (AvgIpc) is 2.84. The van der Waals surface area contributed by atoms with Crippen LogP contribution in [0.15, 0.2) is 24.5 Å². The van der Waals surface area contributed by atoms with Gasteiger partial charge < -0.3 is 10.4 Å². The number of hydrogen-bond acceptors (Lipinski definition) is 5. The van der Waals surface area contributed by atoms with Crippen molar-refractivity contribution in [2.24, 2.45) is 0 Å². The van der Waals surface area contributed by atoms with Gasteiger partial charge in [0, 0.05) is 5.69 Å². The van der Waals surface area contributed by atoms with Crippen molar-refractivity contribution in [1.82, 2.24) is 20.2 Å². The van der Waals surface area contributed by atoms with E-state index in [1.54, 1.807) is 24.9 Å². The highest BCUT2D eigenvalue weighted by Gasteiger charge is 2.22. The quantitative estimate of drug-likeness (QED) is 0.873. The SMILES string of the molecule is Cc1ccc(-n2cnnn2)cc1NC(C)C(C)(C)O. The van der Waals surface area contributed by atoms with Gasteiger partial charge in [-0.15, -0.1) is 5.10 Å². The van der Waals surface area contributed by atoms with Crippen LogP contribution < -0.4 is 5.32 Å². The Bertz CT molecular complexity index is 545. The number of aliphatic hydroxyl groups is 1. The molecule has 1 unspecified atom stereocenters. The summed E-state index contributed by atoms with van der Waals surface area (Å²) in [5.74, 6) is 0. The summed E-state index contributed by atoms with van der Waals surface area (Å²) in [7, 11) is 0. The van der Waals surface area contributed by atoms with E-state index in [-0.39, 0.29) is 6.04 Å². The van der Waals surface area contributed by atoms with Crippen molar-refractivity contribution in [2.45, 2.75) is 39.3 Å². The first-order valence-corrected chi connectivity index (χ1v) is 6.21. The molecule has 0 aliphatic carbocycles. The Kier molecular flexibility index (Phi) is 3.53. The molecule has 0 saturated heterocycles. The Morgan fingerprint density at radius 2 is 2.11 bits per heavy atom. The molecule has 2 N–H and O–H groups in total. The molecule has 1 aromatic carbocycles. The van der Waals surface area contributed by atoms with Crippen LogP contribution in [0.1, 0.15) is 26.3 Å². The van der Waals surface area contributed by atoms with Crippen molar-refractivity contribution in [2.75, 3.05) is 5.32 Å². The highest BCUT2D eigenvalue weighted by Crippen LogP contribution is 2.22. The highest BCUT2D eigenvalue weighted by atomic mass is 16.3. The molecule has 0 amide bonds. The Labute approximate surface area is 112 Å². The molecule has 1 atom stereocenters. The molecular weight excluding hydrogens is 242 g/mol. The summed E-state index contributed by atoms with van der Waals surface area (Å²) in [6.07, 6.45) is 1.55. The molecule has 0 saturated carbocycles. The molecule has 0 aliphatic heterocycles. The summed E-state index contributed by atoms with van der Waals surface area (Å²) in [5, 5.41) is 24.4. The van der Waals surface area contributed by atoms with Crippen molar-refractivity contribution >= 4 is 5.69 Å². The van der Waals surface area contributed by atoms with Gasteiger partial charge in [-0.05, 0) is 55.8 Å². The summed E-state index contributed by atoms with van der Waals surface area (Å²) in [6.45, 7) is 7.53. The first-order chi connectivity index (χ1) is 8.88. The van der Waals surface area contributed by atoms with Gasteiger partial charge in [-0.2, -0.15) is 0 Å². The normalized spacial score (nSPS) is 13.3. The van der Waals surface area contributed by atoms with Gasteiger partial charge in [0.25, 0.3) is 0 Å². The van der Waals surface area contributed by atoms with Gasteiger partial charge >= 0.3 is 0 Å². The number of hydrogen-bond donors (Lipinski definition) is 2. The van der Waals surface area contributed by atoms with E-state index < -0.39 is 5.60 Å². The third kappa shape index (κ3) is 3.08. The molecular formula is C13H19N5O. The third-order valence-electron chi connectivity index (χ3n) is 3.27. The zero-order valence-electron chi connectivity index (χ0n) is 11.6. The van der Waals surface area contributed by atoms with E-state index in [4.69, 9.17) is 0 Å². The standard InChI is InChI=1S/C13H19N5O/c1-9-5-6-11(18-8-14-16-17-18)7-12(9)15-10(2)13(3,4)19/h5-8,10,15,19H,1-4H3. The largest absolute Gasteiger partial charge is 0.388 e. The summed E-state index contributed by atoms with van der Waals surface area (Å²) in [4.78, 5) is 0. The van der Waals surface area contributed by atoms with E-state index in [9.17, 15) is 5.11 Å². The lowest BCUT2D eigenvalue weighted by molar-refractivity contribution is 0.0649. The third-order valence-corrected chi connectivity index (χ3v) is 3.27. The predicted octanol–water partition coefficient (Wildman–Crippen LogP) is 1.54. The van der Waals surface area contributed by atoms with Crippen molar-refractivity contribution < 1.29 is 5.11 Å². The summed E-state index contributed by atoms with van der Waals surface area (Å²) >= 11 is 0. The number of aromatic nitrogens is 4. The molecule has 2 rings (SSSR count). The molecule has 2 aromatic rings. The number of benzene rings is 1. The molecule has 0 bridgehead atoms. The number of aryl methyl sites for hydroxylation is 1. The Balaban J connectivity index is 2.28. The van der Waals surface area contributed by atoms with Crippen LogP contribution in [0, 0.1) is 6.92 Å². The zero-order chi connectivity index (χ0) is 14.0. The van der Waals surface area contributed by atoms with Crippen LogP contribution in [0.2, 0.25) is 0 Å². The minimum absolute atomic E-state index is 0.0738. The minimum Gasteiger partial charge on any atom is -0.388 e. The Morgan fingerprint density at radius 3 is 2.68 bits per heavy atom. The first-order valence-electron chi connectivity index (χ1n) is 6.21. The van der Waals surface area contributed by atoms with E-state index in [1.807, 2.05) is 32.0 Å². The van der Waals surface area contributed by atoms with E-state index in [0.29, 0.717) is 0 Å². The maximum Gasteiger partial charge on any atom is 0.143 e. The maximum atomic E-state index is 9.99. The van der Waals surface area contributed by atoms with Gasteiger partial charge in [0.2, 0.25) is 0 Å². The fourth-order valence-electron chi connectivity index (χ4n) is 1.60. The van der Waals surface area contributed by atoms with Crippen LogP contribution in [0.5, 0.6) is 0 Å². The lowest BCUT2D eigenvalue weighted by Gasteiger charge is -2.28. The molecule has 0 spiro atoms. The number of rotatable bonds is 4. The van der Waals surface area contributed by atoms with Gasteiger partial charge in [-0.25, -0.2) is 4.68 Å². The lowest BCUT2D eigenvalue weighted by atomic mass is 10.00. The van der Waals surface area contributed by atoms with Gasteiger partial charge in [-0.3, -0.25) is 0 Å². The molecule has 19 heavy (non-hydrogen) atoms. The number of nitrogens with zero attached hydrogens (tertiary/aromatic N) is 4. The number of nitrogens with one attached hydrogen (secondary N) is 1. The second-order valence-corrected chi connectivity index (χ2v) is 5.27. The lowest BCUT2D eigenvalue weighted by Crippen LogP contribution is -2.39. The van der Waals surface area contributed by atoms with Crippen molar-refractivity contribution in [1.29, 1.82) is 0 Å². The molecule has 6 heteroatoms. The van der Waals surface area contributed by atoms with Gasteiger partial charge in [0.15, 0.2) is 0 Å². The maximum absolute atomic E-state index is 9.99. The van der Waals surface area contributed by atoms with E-state index in [2.05, 4.69) is 20.8 Å². The smallest absolute Gasteiger partial charge is 0.143 e. The van der Waals surface area contributed by atoms with Gasteiger partial charge in [0.05, 0.1) is 17.3 Å². The summed E-state index contributed by atoms with van der Waals surface area (Å²) < 4.78 is 1.60. The molecule has 1 aromatic heterocycles. The van der Waals surface area contributed by atoms with Crippen LogP contribution in [0.3, 0.4) is 0 Å². The average molecular weight is 261 g/mol. The zero-order valence-corrected chi connectivity index (χ0v) is 11.6. The molecule has 1 heterocycles. The van der Waals surface area contributed by atoms with E-state index in [1.165, 1.54) is 0 Å². The van der Waals surface area contributed by atoms with E-state index >= 15 is 0 Å². The van der Waals surface area contributed by atoms with Crippen molar-refractivity contribution in [3.63, 3.8) is 0 Å². The fraction of sp³-hybridized carbons (Fsp3) is 0.462. The Hall–Kier alpha value is -1.95. The van der Waals surface area contributed by atoms with Crippen LogP contribution in [0.4, 0.5) is 5.69 Å². The van der Waals surface area contributed by atoms with Crippen LogP contribution in [0.25, 0.3) is 5.69 Å². The van der Waals surface area contributed by atoms with Crippen molar-refractivity contribution in [3.8, 4) is 5.69 Å². The van der Waals surface area contributed by atoms with Crippen LogP contribution in [-0.4, -0.2) is 37.0 Å². The summed E-state index contributed by atoms with van der Waals surface area (Å²) in [6, 6.07) is 5.84. The molecule has 6 nitrogen and oxygen atoms in total. The van der Waals surface area contributed by atoms with Crippen molar-refractivity contribution in [3.05, 3.63) is 30.1 Å². The molecule has 102 valence electrons. The second-order valence-electron chi connectivity index (χ2n) is 5.27. The minimum atomic E-state index is -0.794. The highest BCUT2D eigenvalue weighted by molar-refractivity contribution is 5.57. The molecule has 0 aliphatic rings. The first kappa shape index (κ1) is 13.5. The number of anilines is 1. The molecule has 0 fully saturated rings. The second kappa shape index (κ2) is 4.97. The number of tetrazole rings is 1.